The van der Waals surface area contributed by atoms with Crippen LogP contribution in [0.5, 0.6) is 0 Å². The van der Waals surface area contributed by atoms with E-state index in [-0.39, 0.29) is 18.0 Å². The zero-order chi connectivity index (χ0) is 12.1. The van der Waals surface area contributed by atoms with E-state index in [9.17, 15) is 9.59 Å². The van der Waals surface area contributed by atoms with Gasteiger partial charge in [-0.1, -0.05) is 6.92 Å². The molecule has 1 rings (SSSR count). The maximum Gasteiger partial charge on any atom is 0.337 e. The van der Waals surface area contributed by atoms with Crippen molar-refractivity contribution in [1.82, 2.24) is 9.88 Å². The highest BCUT2D eigenvalue weighted by molar-refractivity contribution is 5.89. The number of carbonyl (C=O) groups excluding carboxylic acids is 1. The van der Waals surface area contributed by atoms with Crippen LogP contribution in [-0.4, -0.2) is 28.1 Å². The molecule has 1 aromatic heterocycles. The Morgan fingerprint density at radius 2 is 2.19 bits per heavy atom. The van der Waals surface area contributed by atoms with Gasteiger partial charge in [-0.15, -0.1) is 0 Å². The Kier molecular flexibility index (Phi) is 4.10. The van der Waals surface area contributed by atoms with Crippen molar-refractivity contribution in [3.05, 3.63) is 23.5 Å². The summed E-state index contributed by atoms with van der Waals surface area (Å²) in [5.41, 5.74) is 0.836. The van der Waals surface area contributed by atoms with E-state index in [4.69, 9.17) is 5.11 Å². The van der Waals surface area contributed by atoms with Gasteiger partial charge in [-0.2, -0.15) is 0 Å². The van der Waals surface area contributed by atoms with Crippen LogP contribution in [0.1, 0.15) is 29.4 Å². The number of carboxylic acid groups (broad SMARTS) is 1. The fraction of sp³-hybridized carbons (Fsp3) is 0.455. The molecule has 16 heavy (non-hydrogen) atoms. The van der Waals surface area contributed by atoms with Gasteiger partial charge in [0.25, 0.3) is 0 Å². The molecule has 0 aliphatic heterocycles. The van der Waals surface area contributed by atoms with Gasteiger partial charge in [-0.05, 0) is 19.4 Å². The number of carboxylic acids is 1. The van der Waals surface area contributed by atoms with Gasteiger partial charge in [-0.25, -0.2) is 4.79 Å². The summed E-state index contributed by atoms with van der Waals surface area (Å²) in [7, 11) is 0. The molecule has 0 saturated heterocycles. The van der Waals surface area contributed by atoms with Gasteiger partial charge >= 0.3 is 5.97 Å². The summed E-state index contributed by atoms with van der Waals surface area (Å²) < 4.78 is 1.63. The van der Waals surface area contributed by atoms with E-state index in [0.717, 1.165) is 6.42 Å². The zero-order valence-corrected chi connectivity index (χ0v) is 9.49. The number of rotatable bonds is 5. The number of amides is 1. The van der Waals surface area contributed by atoms with Gasteiger partial charge in [0.1, 0.15) is 6.54 Å². The van der Waals surface area contributed by atoms with E-state index in [0.29, 0.717) is 12.2 Å². The number of aromatic carboxylic acids is 1. The largest absolute Gasteiger partial charge is 0.478 e. The minimum atomic E-state index is -0.967. The van der Waals surface area contributed by atoms with Crippen molar-refractivity contribution in [1.29, 1.82) is 0 Å². The van der Waals surface area contributed by atoms with E-state index >= 15 is 0 Å². The minimum Gasteiger partial charge on any atom is -0.478 e. The molecule has 5 heteroatoms. The van der Waals surface area contributed by atoms with E-state index in [1.54, 1.807) is 17.7 Å². The highest BCUT2D eigenvalue weighted by atomic mass is 16.4. The number of hydrogen-bond acceptors (Lipinski definition) is 2. The Morgan fingerprint density at radius 1 is 1.50 bits per heavy atom. The van der Waals surface area contributed by atoms with Crippen molar-refractivity contribution in [3.8, 4) is 0 Å². The number of nitrogens with zero attached hydrogens (tertiary/aromatic N) is 1. The van der Waals surface area contributed by atoms with Crippen LogP contribution in [0.25, 0.3) is 0 Å². The molecule has 0 saturated carbocycles. The third-order valence-electron chi connectivity index (χ3n) is 2.36. The summed E-state index contributed by atoms with van der Waals surface area (Å²) in [5, 5.41) is 11.6. The summed E-state index contributed by atoms with van der Waals surface area (Å²) in [6.07, 6.45) is 2.50. The molecule has 5 nitrogen and oxygen atoms in total. The summed E-state index contributed by atoms with van der Waals surface area (Å²) in [6.45, 7) is 4.48. The first-order valence-electron chi connectivity index (χ1n) is 5.22. The van der Waals surface area contributed by atoms with Crippen molar-refractivity contribution in [3.63, 3.8) is 0 Å². The predicted molar refractivity (Wildman–Crippen MR) is 59.4 cm³/mol. The Labute approximate surface area is 94.1 Å². The molecule has 1 aromatic rings. The summed E-state index contributed by atoms with van der Waals surface area (Å²) >= 11 is 0. The summed E-state index contributed by atoms with van der Waals surface area (Å²) in [5.74, 6) is -1.07. The highest BCUT2D eigenvalue weighted by Gasteiger charge is 2.12. The Bertz CT molecular complexity index is 396. The third kappa shape index (κ3) is 2.85. The maximum absolute atomic E-state index is 11.4. The van der Waals surface area contributed by atoms with Crippen molar-refractivity contribution < 1.29 is 14.7 Å². The molecule has 2 N–H and O–H groups in total. The van der Waals surface area contributed by atoms with Crippen molar-refractivity contribution in [2.45, 2.75) is 26.8 Å². The van der Waals surface area contributed by atoms with Crippen molar-refractivity contribution >= 4 is 11.9 Å². The number of nitrogens with one attached hydrogen (secondary N) is 1. The second-order valence-electron chi connectivity index (χ2n) is 3.60. The molecule has 0 spiro atoms. The average Bonchev–Trinajstić information content (AvgIpc) is 2.57. The molecule has 0 unspecified atom stereocenters. The molecule has 1 amide bonds. The molecular weight excluding hydrogens is 208 g/mol. The lowest BCUT2D eigenvalue weighted by atomic mass is 10.2. The van der Waals surface area contributed by atoms with E-state index in [1.807, 2.05) is 6.92 Å². The van der Waals surface area contributed by atoms with E-state index in [2.05, 4.69) is 5.32 Å². The van der Waals surface area contributed by atoms with Crippen LogP contribution >= 0.6 is 0 Å². The molecule has 0 aliphatic carbocycles. The molecule has 0 atom stereocenters. The van der Waals surface area contributed by atoms with Gasteiger partial charge in [0, 0.05) is 18.4 Å². The molecule has 1 heterocycles. The standard InChI is InChI=1S/C11H16N2O3/c1-3-5-12-10(14)7-13-6-4-9(8(13)2)11(15)16/h4,6H,3,5,7H2,1-2H3,(H,12,14)(H,15,16). The smallest absolute Gasteiger partial charge is 0.337 e. The number of hydrogen-bond donors (Lipinski definition) is 2. The van der Waals surface area contributed by atoms with Crippen LogP contribution in [0.4, 0.5) is 0 Å². The van der Waals surface area contributed by atoms with Crippen LogP contribution in [0.3, 0.4) is 0 Å². The van der Waals surface area contributed by atoms with Crippen LogP contribution < -0.4 is 5.32 Å². The van der Waals surface area contributed by atoms with E-state index < -0.39 is 5.97 Å². The topological polar surface area (TPSA) is 71.3 Å². The van der Waals surface area contributed by atoms with Gasteiger partial charge in [0.05, 0.1) is 5.56 Å². The number of aromatic nitrogens is 1. The second-order valence-corrected chi connectivity index (χ2v) is 3.60. The normalized spacial score (nSPS) is 10.1. The first-order chi connectivity index (χ1) is 7.56. The lowest BCUT2D eigenvalue weighted by Crippen LogP contribution is -2.28. The SMILES string of the molecule is CCCNC(=O)Cn1ccc(C(=O)O)c1C. The van der Waals surface area contributed by atoms with Crippen LogP contribution in [0.15, 0.2) is 12.3 Å². The number of carbonyl (C=O) groups is 2. The fourth-order valence-electron chi connectivity index (χ4n) is 1.42. The predicted octanol–water partition coefficient (Wildman–Crippen LogP) is 1.02. The fourth-order valence-corrected chi connectivity index (χ4v) is 1.42. The molecule has 0 radical (unpaired) electrons. The van der Waals surface area contributed by atoms with Crippen LogP contribution in [-0.2, 0) is 11.3 Å². The summed E-state index contributed by atoms with van der Waals surface area (Å²) in [4.78, 5) is 22.2. The Balaban J connectivity index is 2.68. The molecule has 0 aromatic carbocycles. The first kappa shape index (κ1) is 12.3. The molecule has 0 fully saturated rings. The first-order valence-corrected chi connectivity index (χ1v) is 5.22. The Morgan fingerprint density at radius 3 is 2.69 bits per heavy atom. The second kappa shape index (κ2) is 5.34. The Hall–Kier alpha value is -1.78. The lowest BCUT2D eigenvalue weighted by Gasteiger charge is -2.07. The molecule has 88 valence electrons. The molecule has 0 aliphatic rings. The van der Waals surface area contributed by atoms with Crippen LogP contribution in [0.2, 0.25) is 0 Å². The third-order valence-corrected chi connectivity index (χ3v) is 2.36. The molecule has 0 bridgehead atoms. The highest BCUT2D eigenvalue weighted by Crippen LogP contribution is 2.09. The van der Waals surface area contributed by atoms with Crippen LogP contribution in [0, 0.1) is 6.92 Å². The van der Waals surface area contributed by atoms with Crippen molar-refractivity contribution in [2.24, 2.45) is 0 Å². The van der Waals surface area contributed by atoms with Gasteiger partial charge in [0.15, 0.2) is 0 Å². The zero-order valence-electron chi connectivity index (χ0n) is 9.49. The van der Waals surface area contributed by atoms with Gasteiger partial charge in [-0.3, -0.25) is 4.79 Å². The van der Waals surface area contributed by atoms with E-state index in [1.165, 1.54) is 6.07 Å². The van der Waals surface area contributed by atoms with Crippen molar-refractivity contribution in [2.75, 3.05) is 6.54 Å². The van der Waals surface area contributed by atoms with Gasteiger partial charge in [0.2, 0.25) is 5.91 Å². The summed E-state index contributed by atoms with van der Waals surface area (Å²) in [6, 6.07) is 1.50. The lowest BCUT2D eigenvalue weighted by molar-refractivity contribution is -0.121. The maximum atomic E-state index is 11.4. The van der Waals surface area contributed by atoms with Gasteiger partial charge < -0.3 is 15.0 Å². The quantitative estimate of drug-likeness (QED) is 0.784. The molecular formula is C11H16N2O3. The minimum absolute atomic E-state index is 0.0995. The average molecular weight is 224 g/mol. The monoisotopic (exact) mass is 224 g/mol.